The lowest BCUT2D eigenvalue weighted by Crippen LogP contribution is -2.27. The smallest absolute Gasteiger partial charge is 0.423 e. The molecule has 41 heavy (non-hydrogen) atoms. The number of nitrogens with zero attached hydrogens (tertiary/aromatic N) is 4. The number of nitriles is 2. The van der Waals surface area contributed by atoms with Crippen LogP contribution < -0.4 is 5.46 Å². The van der Waals surface area contributed by atoms with Gasteiger partial charge in [0.2, 0.25) is 0 Å². The highest BCUT2D eigenvalue weighted by Crippen LogP contribution is 2.29. The quantitative estimate of drug-likeness (QED) is 0.193. The van der Waals surface area contributed by atoms with Gasteiger partial charge in [0.25, 0.3) is 0 Å². The topological polar surface area (TPSA) is 97.9 Å². The van der Waals surface area contributed by atoms with Crippen molar-refractivity contribution < 1.29 is 10.0 Å². The van der Waals surface area contributed by atoms with Crippen molar-refractivity contribution in [3.8, 4) is 23.3 Å². The summed E-state index contributed by atoms with van der Waals surface area (Å²) in [6, 6.07) is 20.6. The van der Waals surface area contributed by atoms with Gasteiger partial charge in [0.15, 0.2) is 0 Å². The third-order valence-corrected chi connectivity index (χ3v) is 8.22. The summed E-state index contributed by atoms with van der Waals surface area (Å²) in [5.74, 6) is 0. The Balaban J connectivity index is 0.000000179. The number of thiophene rings is 2. The molecular formula is C31H30BBrN4O2S2. The molecule has 0 atom stereocenters. The SMILES string of the molecule is C.CCn1cc(C#N)c2cc(-c3ccsc3)ccc21.CCn1cc(C#N)c2cc(Br)ccc21.OB(O)c1ccsc1. The maximum absolute atomic E-state index is 9.20. The molecule has 0 spiro atoms. The van der Waals surface area contributed by atoms with Crippen LogP contribution in [0.3, 0.4) is 0 Å². The summed E-state index contributed by atoms with van der Waals surface area (Å²) in [6.45, 7) is 5.94. The van der Waals surface area contributed by atoms with E-state index in [1.807, 2.05) is 30.6 Å². The molecule has 0 saturated carbocycles. The van der Waals surface area contributed by atoms with Gasteiger partial charge in [-0.3, -0.25) is 0 Å². The van der Waals surface area contributed by atoms with Crippen molar-refractivity contribution >= 4 is 73.0 Å². The van der Waals surface area contributed by atoms with Gasteiger partial charge in [0, 0.05) is 51.8 Å². The van der Waals surface area contributed by atoms with Gasteiger partial charge in [-0.05, 0) is 88.4 Å². The van der Waals surface area contributed by atoms with E-state index in [2.05, 4.69) is 86.1 Å². The molecule has 0 saturated heterocycles. The van der Waals surface area contributed by atoms with Crippen LogP contribution in [0.25, 0.3) is 32.9 Å². The van der Waals surface area contributed by atoms with Crippen molar-refractivity contribution in [1.29, 1.82) is 10.5 Å². The fourth-order valence-electron chi connectivity index (χ4n) is 4.30. The van der Waals surface area contributed by atoms with Gasteiger partial charge < -0.3 is 19.2 Å². The van der Waals surface area contributed by atoms with Gasteiger partial charge in [-0.15, -0.1) is 0 Å². The van der Waals surface area contributed by atoms with E-state index in [9.17, 15) is 5.26 Å². The zero-order chi connectivity index (χ0) is 28.6. The Morgan fingerprint density at radius 2 is 1.34 bits per heavy atom. The Morgan fingerprint density at radius 1 is 0.780 bits per heavy atom. The maximum atomic E-state index is 9.20. The number of hydrogen-bond acceptors (Lipinski definition) is 6. The second-order valence-electron chi connectivity index (χ2n) is 8.72. The third kappa shape index (κ3) is 7.36. The molecule has 2 aromatic carbocycles. The number of rotatable bonds is 4. The summed E-state index contributed by atoms with van der Waals surface area (Å²) >= 11 is 6.55. The first kappa shape index (κ1) is 31.9. The molecule has 4 aromatic heterocycles. The van der Waals surface area contributed by atoms with E-state index in [0.29, 0.717) is 5.46 Å². The van der Waals surface area contributed by atoms with E-state index in [0.717, 1.165) is 50.5 Å². The zero-order valence-electron chi connectivity index (χ0n) is 22.0. The second-order valence-corrected chi connectivity index (χ2v) is 11.2. The fraction of sp³-hybridized carbons (Fsp3) is 0.161. The van der Waals surface area contributed by atoms with Crippen molar-refractivity contribution in [3.05, 3.63) is 98.0 Å². The van der Waals surface area contributed by atoms with E-state index >= 15 is 0 Å². The van der Waals surface area contributed by atoms with Gasteiger partial charge in [0.1, 0.15) is 12.1 Å². The van der Waals surface area contributed by atoms with Crippen LogP contribution in [-0.4, -0.2) is 26.3 Å². The summed E-state index contributed by atoms with van der Waals surface area (Å²) in [4.78, 5) is 0. The Hall–Kier alpha value is -3.64. The first-order valence-corrected chi connectivity index (χ1v) is 15.2. The average Bonchev–Trinajstić information content (AvgIpc) is 3.79. The molecule has 10 heteroatoms. The summed E-state index contributed by atoms with van der Waals surface area (Å²) in [5.41, 5.74) is 6.70. The van der Waals surface area contributed by atoms with Crippen molar-refractivity contribution in [2.24, 2.45) is 0 Å². The summed E-state index contributed by atoms with van der Waals surface area (Å²) in [6.07, 6.45) is 3.83. The lowest BCUT2D eigenvalue weighted by atomic mass is 9.83. The van der Waals surface area contributed by atoms with Crippen LogP contribution in [0, 0.1) is 22.7 Å². The average molecular weight is 645 g/mol. The molecule has 0 aliphatic rings. The molecular weight excluding hydrogens is 615 g/mol. The number of aryl methyl sites for hydroxylation is 2. The van der Waals surface area contributed by atoms with Crippen molar-refractivity contribution in [1.82, 2.24) is 9.13 Å². The third-order valence-electron chi connectivity index (χ3n) is 6.34. The predicted octanol–water partition coefficient (Wildman–Crippen LogP) is 7.62. The summed E-state index contributed by atoms with van der Waals surface area (Å²) in [7, 11) is -1.30. The zero-order valence-corrected chi connectivity index (χ0v) is 25.2. The fourth-order valence-corrected chi connectivity index (χ4v) is 6.00. The summed E-state index contributed by atoms with van der Waals surface area (Å²) in [5, 5.41) is 44.9. The highest BCUT2D eigenvalue weighted by atomic mass is 79.9. The highest BCUT2D eigenvalue weighted by Gasteiger charge is 2.10. The molecule has 0 bridgehead atoms. The number of benzene rings is 2. The first-order chi connectivity index (χ1) is 19.4. The van der Waals surface area contributed by atoms with Gasteiger partial charge in [-0.1, -0.05) is 35.5 Å². The molecule has 0 fully saturated rings. The van der Waals surface area contributed by atoms with Crippen molar-refractivity contribution in [2.75, 3.05) is 0 Å². The van der Waals surface area contributed by atoms with Gasteiger partial charge in [0.05, 0.1) is 11.1 Å². The lowest BCUT2D eigenvalue weighted by Gasteiger charge is -2.02. The van der Waals surface area contributed by atoms with E-state index in [-0.39, 0.29) is 7.43 Å². The number of halogens is 1. The molecule has 6 rings (SSSR count). The second kappa shape index (κ2) is 14.8. The van der Waals surface area contributed by atoms with Crippen molar-refractivity contribution in [2.45, 2.75) is 34.4 Å². The molecule has 0 aliphatic heterocycles. The Bertz CT molecular complexity index is 1790. The van der Waals surface area contributed by atoms with Crippen LogP contribution in [0.2, 0.25) is 0 Å². The minimum atomic E-state index is -1.30. The molecule has 0 radical (unpaired) electrons. The van der Waals surface area contributed by atoms with E-state index < -0.39 is 7.12 Å². The molecule has 208 valence electrons. The highest BCUT2D eigenvalue weighted by molar-refractivity contribution is 9.10. The molecule has 0 aliphatic carbocycles. The molecule has 6 nitrogen and oxygen atoms in total. The lowest BCUT2D eigenvalue weighted by molar-refractivity contribution is 0.426. The standard InChI is InChI=1S/C15H12N2S.C11H9BrN2.C4H5BO2S.CH4/c1-2-17-9-13(8-16)14-7-11(3-4-15(14)17)12-5-6-18-10-12;1-2-14-7-8(6-13)10-5-9(12)3-4-11(10)14;6-5(7)4-1-2-8-3-4;/h3-7,9-10H,2H2,1H3;3-5,7H,2H2,1H3;1-3,6-7H;1H4. The van der Waals surface area contributed by atoms with E-state index in [4.69, 9.17) is 15.3 Å². The van der Waals surface area contributed by atoms with E-state index in [1.54, 1.807) is 28.2 Å². The monoisotopic (exact) mass is 644 g/mol. The number of hydrogen-bond donors (Lipinski definition) is 2. The largest absolute Gasteiger partial charge is 0.489 e. The number of aromatic nitrogens is 2. The van der Waals surface area contributed by atoms with Gasteiger partial charge >= 0.3 is 7.12 Å². The van der Waals surface area contributed by atoms with Crippen LogP contribution in [0.5, 0.6) is 0 Å². The molecule has 2 N–H and O–H groups in total. The first-order valence-electron chi connectivity index (χ1n) is 12.5. The van der Waals surface area contributed by atoms with Crippen LogP contribution in [0.15, 0.2) is 86.9 Å². The summed E-state index contributed by atoms with van der Waals surface area (Å²) < 4.78 is 5.21. The van der Waals surface area contributed by atoms with Crippen LogP contribution >= 0.6 is 38.6 Å². The predicted molar refractivity (Wildman–Crippen MR) is 177 cm³/mol. The molecule has 0 amide bonds. The number of fused-ring (bicyclic) bond motifs is 2. The Labute approximate surface area is 257 Å². The normalized spacial score (nSPS) is 10.0. The van der Waals surface area contributed by atoms with Gasteiger partial charge in [-0.25, -0.2) is 0 Å². The maximum Gasteiger partial charge on any atom is 0.489 e. The van der Waals surface area contributed by atoms with Crippen molar-refractivity contribution in [3.63, 3.8) is 0 Å². The molecule has 0 unspecified atom stereocenters. The Morgan fingerprint density at radius 3 is 1.80 bits per heavy atom. The minimum absolute atomic E-state index is 0. The minimum Gasteiger partial charge on any atom is -0.423 e. The molecule has 4 heterocycles. The van der Waals surface area contributed by atoms with E-state index in [1.165, 1.54) is 22.5 Å². The Kier molecular flexibility index (Phi) is 11.5. The van der Waals surface area contributed by atoms with Gasteiger partial charge in [-0.2, -0.15) is 33.2 Å². The van der Waals surface area contributed by atoms with Crippen LogP contribution in [0.1, 0.15) is 32.4 Å². The molecule has 6 aromatic rings. The van der Waals surface area contributed by atoms with Crippen LogP contribution in [-0.2, 0) is 13.1 Å². The van der Waals surface area contributed by atoms with Crippen LogP contribution in [0.4, 0.5) is 0 Å².